The average molecular weight is 229 g/mol. The SMILES string of the molecule is O=C(S)CN1CC(Cl)NCC1Cl. The number of carbonyl (C=O) groups is 1. The van der Waals surface area contributed by atoms with Crippen molar-refractivity contribution in [3.05, 3.63) is 0 Å². The Morgan fingerprint density at radius 1 is 1.67 bits per heavy atom. The first-order chi connectivity index (χ1) is 5.59. The summed E-state index contributed by atoms with van der Waals surface area (Å²) in [6.45, 7) is 1.42. The van der Waals surface area contributed by atoms with Crippen molar-refractivity contribution >= 4 is 40.9 Å². The second-order valence-corrected chi connectivity index (χ2v) is 4.16. The fourth-order valence-electron chi connectivity index (χ4n) is 1.08. The molecule has 0 saturated carbocycles. The van der Waals surface area contributed by atoms with Gasteiger partial charge in [-0.3, -0.25) is 15.0 Å². The van der Waals surface area contributed by atoms with Gasteiger partial charge < -0.3 is 0 Å². The molecule has 1 heterocycles. The summed E-state index contributed by atoms with van der Waals surface area (Å²) in [6, 6.07) is 0. The van der Waals surface area contributed by atoms with Crippen LogP contribution in [-0.4, -0.2) is 40.7 Å². The van der Waals surface area contributed by atoms with Gasteiger partial charge in [-0.25, -0.2) is 0 Å². The zero-order chi connectivity index (χ0) is 9.14. The predicted molar refractivity (Wildman–Crippen MR) is 52.9 cm³/mol. The minimum absolute atomic E-state index is 0.132. The summed E-state index contributed by atoms with van der Waals surface area (Å²) in [5.74, 6) is 0. The molecular weight excluding hydrogens is 219 g/mol. The largest absolute Gasteiger partial charge is 0.297 e. The molecule has 0 bridgehead atoms. The molecule has 3 nitrogen and oxygen atoms in total. The molecule has 1 aliphatic heterocycles. The summed E-state index contributed by atoms with van der Waals surface area (Å²) in [7, 11) is 0. The zero-order valence-electron chi connectivity index (χ0n) is 6.33. The highest BCUT2D eigenvalue weighted by Crippen LogP contribution is 2.12. The molecular formula is C6H10Cl2N2OS. The lowest BCUT2D eigenvalue weighted by atomic mass is 10.3. The smallest absolute Gasteiger partial charge is 0.199 e. The monoisotopic (exact) mass is 228 g/mol. The molecule has 0 aromatic carbocycles. The molecule has 1 saturated heterocycles. The van der Waals surface area contributed by atoms with Gasteiger partial charge in [-0.15, -0.1) is 35.8 Å². The maximum Gasteiger partial charge on any atom is 0.199 e. The normalized spacial score (nSPS) is 31.9. The number of alkyl halides is 2. The first-order valence-corrected chi connectivity index (χ1v) is 4.89. The van der Waals surface area contributed by atoms with Gasteiger partial charge in [0.05, 0.1) is 17.5 Å². The summed E-state index contributed by atoms with van der Waals surface area (Å²) in [5, 5.41) is 2.80. The minimum atomic E-state index is -0.189. The van der Waals surface area contributed by atoms with E-state index in [9.17, 15) is 4.79 Å². The Morgan fingerprint density at radius 3 is 2.92 bits per heavy atom. The second-order valence-electron chi connectivity index (χ2n) is 2.63. The topological polar surface area (TPSA) is 32.3 Å². The van der Waals surface area contributed by atoms with Crippen molar-refractivity contribution in [2.75, 3.05) is 19.6 Å². The van der Waals surface area contributed by atoms with Gasteiger partial charge in [-0.05, 0) is 0 Å². The Labute approximate surface area is 86.8 Å². The molecule has 6 heteroatoms. The molecule has 1 N–H and O–H groups in total. The van der Waals surface area contributed by atoms with Gasteiger partial charge in [0.15, 0.2) is 5.12 Å². The van der Waals surface area contributed by atoms with E-state index >= 15 is 0 Å². The number of nitrogens with zero attached hydrogens (tertiary/aromatic N) is 1. The number of nitrogens with one attached hydrogen (secondary N) is 1. The van der Waals surface area contributed by atoms with Gasteiger partial charge in [0, 0.05) is 13.1 Å². The van der Waals surface area contributed by atoms with Gasteiger partial charge in [-0.2, -0.15) is 0 Å². The molecule has 1 rings (SSSR count). The third kappa shape index (κ3) is 3.11. The molecule has 0 amide bonds. The van der Waals surface area contributed by atoms with Crippen LogP contribution in [0.3, 0.4) is 0 Å². The molecule has 1 fully saturated rings. The van der Waals surface area contributed by atoms with Gasteiger partial charge in [0.2, 0.25) is 0 Å². The van der Waals surface area contributed by atoms with Crippen molar-refractivity contribution in [1.82, 2.24) is 10.2 Å². The number of hydrogen-bond acceptors (Lipinski definition) is 3. The number of halogens is 2. The highest BCUT2D eigenvalue weighted by atomic mass is 35.5. The van der Waals surface area contributed by atoms with E-state index in [0.717, 1.165) is 0 Å². The Balaban J connectivity index is 2.43. The van der Waals surface area contributed by atoms with Crippen molar-refractivity contribution in [3.8, 4) is 0 Å². The molecule has 2 unspecified atom stereocenters. The van der Waals surface area contributed by atoms with Gasteiger partial charge in [0.25, 0.3) is 0 Å². The number of rotatable bonds is 2. The van der Waals surface area contributed by atoms with Crippen LogP contribution in [0.5, 0.6) is 0 Å². The molecule has 2 atom stereocenters. The zero-order valence-corrected chi connectivity index (χ0v) is 8.74. The minimum Gasteiger partial charge on any atom is -0.297 e. The van der Waals surface area contributed by atoms with E-state index in [1.165, 1.54) is 0 Å². The summed E-state index contributed by atoms with van der Waals surface area (Å²) in [4.78, 5) is 12.5. The molecule has 1 aliphatic rings. The molecule has 0 radical (unpaired) electrons. The molecule has 0 aromatic rings. The van der Waals surface area contributed by atoms with E-state index in [-0.39, 0.29) is 22.7 Å². The number of piperazine rings is 1. The fraction of sp³-hybridized carbons (Fsp3) is 0.833. The van der Waals surface area contributed by atoms with Crippen LogP contribution in [0.2, 0.25) is 0 Å². The molecule has 12 heavy (non-hydrogen) atoms. The van der Waals surface area contributed by atoms with Crippen LogP contribution in [0.1, 0.15) is 0 Å². The lowest BCUT2D eigenvalue weighted by Crippen LogP contribution is -2.53. The highest BCUT2D eigenvalue weighted by Gasteiger charge is 2.25. The number of thiol groups is 1. The van der Waals surface area contributed by atoms with Crippen LogP contribution < -0.4 is 5.32 Å². The van der Waals surface area contributed by atoms with Gasteiger partial charge in [0.1, 0.15) is 0 Å². The van der Waals surface area contributed by atoms with E-state index in [1.807, 2.05) is 0 Å². The van der Waals surface area contributed by atoms with Crippen molar-refractivity contribution < 1.29 is 4.79 Å². The lowest BCUT2D eigenvalue weighted by Gasteiger charge is -2.33. The molecule has 0 spiro atoms. The molecule has 0 aliphatic carbocycles. The molecule has 0 aromatic heterocycles. The van der Waals surface area contributed by atoms with Crippen LogP contribution in [0, 0.1) is 0 Å². The van der Waals surface area contributed by atoms with Crippen LogP contribution in [0.4, 0.5) is 0 Å². The number of hydrogen-bond donors (Lipinski definition) is 2. The van der Waals surface area contributed by atoms with Gasteiger partial charge >= 0.3 is 0 Å². The van der Waals surface area contributed by atoms with Crippen molar-refractivity contribution in [3.63, 3.8) is 0 Å². The maximum absolute atomic E-state index is 10.7. The quantitative estimate of drug-likeness (QED) is 0.410. The van der Waals surface area contributed by atoms with Crippen molar-refractivity contribution in [1.29, 1.82) is 0 Å². The summed E-state index contributed by atoms with van der Waals surface area (Å²) < 4.78 is 0. The standard InChI is InChI=1S/C6H10Cl2N2OS/c7-4-2-10(3-6(11)12)5(8)1-9-4/h4-5,9H,1-3H2,(H,11,12). The average Bonchev–Trinajstić information content (AvgIpc) is 1.96. The first kappa shape index (κ1) is 10.6. The van der Waals surface area contributed by atoms with Crippen LogP contribution in [-0.2, 0) is 4.79 Å². The van der Waals surface area contributed by atoms with Crippen LogP contribution in [0.15, 0.2) is 0 Å². The van der Waals surface area contributed by atoms with Crippen LogP contribution in [0.25, 0.3) is 0 Å². The summed E-state index contributed by atoms with van der Waals surface area (Å²) in [6.07, 6.45) is 0. The number of carbonyl (C=O) groups excluding carboxylic acids is 1. The third-order valence-electron chi connectivity index (χ3n) is 1.64. The first-order valence-electron chi connectivity index (χ1n) is 3.57. The molecule has 70 valence electrons. The van der Waals surface area contributed by atoms with Crippen molar-refractivity contribution in [2.45, 2.75) is 11.0 Å². The maximum atomic E-state index is 10.7. The Morgan fingerprint density at radius 2 is 2.33 bits per heavy atom. The van der Waals surface area contributed by atoms with Gasteiger partial charge in [-0.1, -0.05) is 0 Å². The van der Waals surface area contributed by atoms with E-state index in [0.29, 0.717) is 13.1 Å². The Kier molecular flexibility index (Phi) is 4.13. The summed E-state index contributed by atoms with van der Waals surface area (Å²) in [5.41, 5.74) is -0.302. The van der Waals surface area contributed by atoms with E-state index < -0.39 is 0 Å². The fourth-order valence-corrected chi connectivity index (χ4v) is 1.76. The highest BCUT2D eigenvalue weighted by molar-refractivity contribution is 7.96. The predicted octanol–water partition coefficient (Wildman–Crippen LogP) is 0.478. The van der Waals surface area contributed by atoms with E-state index in [4.69, 9.17) is 23.2 Å². The van der Waals surface area contributed by atoms with Crippen LogP contribution >= 0.6 is 35.8 Å². The summed E-state index contributed by atoms with van der Waals surface area (Å²) >= 11 is 15.4. The third-order valence-corrected chi connectivity index (χ3v) is 2.50. The van der Waals surface area contributed by atoms with E-state index in [2.05, 4.69) is 17.9 Å². The second kappa shape index (κ2) is 4.67. The lowest BCUT2D eigenvalue weighted by molar-refractivity contribution is -0.112. The Bertz CT molecular complexity index is 181. The Hall–Kier alpha value is 0.520. The van der Waals surface area contributed by atoms with Crippen molar-refractivity contribution in [2.24, 2.45) is 0 Å². The van der Waals surface area contributed by atoms with E-state index in [1.54, 1.807) is 4.90 Å².